The van der Waals surface area contributed by atoms with E-state index in [1.165, 1.54) is 45.0 Å². The normalized spacial score (nSPS) is 15.9. The molecule has 2 aromatic heterocycles. The van der Waals surface area contributed by atoms with Gasteiger partial charge in [-0.2, -0.15) is 8.42 Å². The van der Waals surface area contributed by atoms with E-state index < -0.39 is 20.0 Å². The molecule has 12 nitrogen and oxygen atoms in total. The summed E-state index contributed by atoms with van der Waals surface area (Å²) in [7, 11) is -0.343. The summed E-state index contributed by atoms with van der Waals surface area (Å²) in [5, 5.41) is 8.78. The molecule has 4 saturated heterocycles. The van der Waals surface area contributed by atoms with Crippen LogP contribution in [0.3, 0.4) is 0 Å². The van der Waals surface area contributed by atoms with Crippen molar-refractivity contribution in [2.45, 2.75) is 127 Å². The molecule has 6 heterocycles. The zero-order chi connectivity index (χ0) is 42.9. The van der Waals surface area contributed by atoms with Gasteiger partial charge in [0.1, 0.15) is 9.84 Å². The molecule has 0 saturated carbocycles. The molecule has 0 atom stereocenters. The summed E-state index contributed by atoms with van der Waals surface area (Å²) < 4.78 is 45.6. The van der Waals surface area contributed by atoms with Gasteiger partial charge in [0, 0.05) is 37.3 Å². The summed E-state index contributed by atoms with van der Waals surface area (Å²) in [5.74, 6) is 1.26. The highest BCUT2D eigenvalue weighted by molar-refractivity contribution is 7.91. The molecule has 0 radical (unpaired) electrons. The molecular weight excluding hydrogens is 725 g/mol. The maximum absolute atomic E-state index is 10.4. The van der Waals surface area contributed by atoms with Crippen LogP contribution < -0.4 is 21.7 Å². The summed E-state index contributed by atoms with van der Waals surface area (Å²) in [6, 6.07) is 9.80. The van der Waals surface area contributed by atoms with Crippen molar-refractivity contribution in [3.05, 3.63) is 60.2 Å². The van der Waals surface area contributed by atoms with Gasteiger partial charge in [0.05, 0.1) is 23.9 Å². The number of carbonyl (C=O) groups is 1. The van der Waals surface area contributed by atoms with Crippen molar-refractivity contribution in [1.82, 2.24) is 25.9 Å². The second-order valence-electron chi connectivity index (χ2n) is 10.4. The molecule has 4 fully saturated rings. The maximum Gasteiger partial charge on any atom is 0.267 e. The number of carbonyl (C=O) groups excluding carboxylic acids is 1. The molecule has 0 aromatic carbocycles. The molecule has 2 aromatic rings. The third-order valence-electron chi connectivity index (χ3n) is 5.98. The first kappa shape index (κ1) is 63.5. The van der Waals surface area contributed by atoms with E-state index in [0.29, 0.717) is 24.5 Å². The van der Waals surface area contributed by atoms with Gasteiger partial charge in [-0.25, -0.2) is 8.42 Å². The van der Waals surface area contributed by atoms with Gasteiger partial charge in [0.25, 0.3) is 10.1 Å². The van der Waals surface area contributed by atoms with E-state index in [9.17, 15) is 21.6 Å². The van der Waals surface area contributed by atoms with Gasteiger partial charge in [-0.05, 0) is 123 Å². The predicted octanol–water partition coefficient (Wildman–Crippen LogP) is 7.27. The van der Waals surface area contributed by atoms with E-state index in [4.69, 9.17) is 0 Å². The molecule has 4 aliphatic heterocycles. The Labute approximate surface area is 334 Å². The van der Waals surface area contributed by atoms with Crippen LogP contribution in [0.2, 0.25) is 0 Å². The monoisotopic (exact) mass is 809 g/mol. The lowest BCUT2D eigenvalue weighted by Crippen LogP contribution is -2.28. The minimum atomic E-state index is -3.05. The van der Waals surface area contributed by atoms with Crippen molar-refractivity contribution < 1.29 is 25.8 Å². The minimum Gasteiger partial charge on any atom is -0.356 e. The van der Waals surface area contributed by atoms with E-state index in [0.717, 1.165) is 44.3 Å². The fraction of sp³-hybridized carbons (Fsp3) is 0.725. The summed E-state index contributed by atoms with van der Waals surface area (Å²) >= 11 is 0. The van der Waals surface area contributed by atoms with Crippen LogP contribution in [0, 0.1) is 13.8 Å². The highest BCUT2D eigenvalue weighted by Gasteiger charge is 2.17. The van der Waals surface area contributed by atoms with Crippen molar-refractivity contribution in [3.63, 3.8) is 0 Å². The second-order valence-corrected chi connectivity index (χ2v) is 14.5. The third-order valence-corrected chi connectivity index (χ3v) is 9.12. The third kappa shape index (κ3) is 56.3. The Morgan fingerprint density at radius 1 is 0.667 bits per heavy atom. The molecule has 0 bridgehead atoms. The van der Waals surface area contributed by atoms with Crippen molar-refractivity contribution in [3.8, 4) is 0 Å². The Balaban J connectivity index is -0.000000121. The molecule has 54 heavy (non-hydrogen) atoms. The SMILES string of the molecule is C1CCNCC1.CC.CC.CC.CC.CN.CNC.Cc1ccccn1.Cc1ccncc1.O=C1CCCCN1.O=S1(=O)CCCC1.O=S1(=O)CCCO1. The van der Waals surface area contributed by atoms with Crippen LogP contribution in [0.4, 0.5) is 0 Å². The van der Waals surface area contributed by atoms with Gasteiger partial charge in [-0.3, -0.25) is 18.9 Å². The number of aromatic nitrogens is 2. The van der Waals surface area contributed by atoms with Gasteiger partial charge < -0.3 is 21.7 Å². The molecule has 1 amide bonds. The van der Waals surface area contributed by atoms with Gasteiger partial charge >= 0.3 is 0 Å². The fourth-order valence-electron chi connectivity index (χ4n) is 3.63. The first-order valence-electron chi connectivity index (χ1n) is 20.0. The highest BCUT2D eigenvalue weighted by Crippen LogP contribution is 2.08. The van der Waals surface area contributed by atoms with Crippen LogP contribution in [0.15, 0.2) is 48.9 Å². The van der Waals surface area contributed by atoms with Gasteiger partial charge in [-0.15, -0.1) is 0 Å². The topological polar surface area (TPSA) is 182 Å². The van der Waals surface area contributed by atoms with Crippen molar-refractivity contribution in [1.29, 1.82) is 0 Å². The summed E-state index contributed by atoms with van der Waals surface area (Å²) in [6.07, 6.45) is 15.0. The lowest BCUT2D eigenvalue weighted by Gasteiger charge is -2.08. The van der Waals surface area contributed by atoms with Crippen LogP contribution in [-0.4, -0.2) is 97.4 Å². The highest BCUT2D eigenvalue weighted by atomic mass is 32.2. The van der Waals surface area contributed by atoms with E-state index in [1.807, 2.05) is 114 Å². The van der Waals surface area contributed by atoms with E-state index in [1.54, 1.807) is 18.6 Å². The van der Waals surface area contributed by atoms with Crippen LogP contribution in [-0.2, 0) is 28.9 Å². The molecule has 5 N–H and O–H groups in total. The lowest BCUT2D eigenvalue weighted by atomic mass is 10.2. The summed E-state index contributed by atoms with van der Waals surface area (Å²) in [4.78, 5) is 18.2. The van der Waals surface area contributed by atoms with E-state index >= 15 is 0 Å². The van der Waals surface area contributed by atoms with E-state index in [2.05, 4.69) is 35.8 Å². The molecule has 6 rings (SSSR count). The lowest BCUT2D eigenvalue weighted by molar-refractivity contribution is -0.122. The molecule has 4 aliphatic rings. The zero-order valence-electron chi connectivity index (χ0n) is 36.7. The van der Waals surface area contributed by atoms with Gasteiger partial charge in [0.15, 0.2) is 0 Å². The number of piperidine rings is 2. The maximum atomic E-state index is 10.4. The number of hydrogen-bond donors (Lipinski definition) is 4. The number of sulfone groups is 1. The van der Waals surface area contributed by atoms with E-state index in [-0.39, 0.29) is 11.7 Å². The number of rotatable bonds is 0. The smallest absolute Gasteiger partial charge is 0.267 e. The number of hydrogen-bond acceptors (Lipinski definition) is 11. The standard InChI is InChI=1S/2C6H7N.C5H9NO.C5H11N.C4H8O2S.C3H6O3S.C2H7N.4C2H6.CH5N/c1-6-2-4-7-5-3-6;1-6-4-2-3-5-7-6;7-5-3-1-2-4-6-5;1-2-4-6-5-3-1;5-7(6)3-1-2-4-7;4-7(5)3-1-2-6-7;1-3-2;5*1-2/h2*2-5H,1H3;1-4H2,(H,6,7);6H,1-5H2;1-4H2;1-3H2;3H,1-2H3;4*1-2H3;2H2,1H3. The Morgan fingerprint density at radius 3 is 1.33 bits per heavy atom. The number of pyridine rings is 2. The number of aryl methyl sites for hydroxylation is 2. The van der Waals surface area contributed by atoms with Crippen LogP contribution >= 0.6 is 0 Å². The van der Waals surface area contributed by atoms with Gasteiger partial charge in [-0.1, -0.05) is 67.9 Å². The first-order valence-corrected chi connectivity index (χ1v) is 23.4. The zero-order valence-corrected chi connectivity index (χ0v) is 38.3. The summed E-state index contributed by atoms with van der Waals surface area (Å²) in [5.41, 5.74) is 6.83. The number of nitrogens with two attached hydrogens (primary N) is 1. The van der Waals surface area contributed by atoms with Crippen molar-refractivity contribution in [2.24, 2.45) is 5.73 Å². The average Bonchev–Trinajstić information content (AvgIpc) is 3.84. The Bertz CT molecular complexity index is 1050. The molecule has 322 valence electrons. The Hall–Kier alpha value is -2.49. The molecular formula is C40H84N6O6S2. The van der Waals surface area contributed by atoms with Crippen LogP contribution in [0.25, 0.3) is 0 Å². The van der Waals surface area contributed by atoms with Gasteiger partial charge in [0.2, 0.25) is 5.91 Å². The van der Waals surface area contributed by atoms with Crippen molar-refractivity contribution >= 4 is 25.9 Å². The molecule has 14 heteroatoms. The average molecular weight is 809 g/mol. The Morgan fingerprint density at radius 2 is 1.17 bits per heavy atom. The summed E-state index contributed by atoms with van der Waals surface area (Å²) in [6.45, 7) is 23.8. The largest absolute Gasteiger partial charge is 0.356 e. The number of nitrogens with zero attached hydrogens (tertiary/aromatic N) is 2. The molecule has 0 spiro atoms. The quantitative estimate of drug-likeness (QED) is 0.197. The first-order chi connectivity index (χ1) is 26.0. The van der Waals surface area contributed by atoms with Crippen molar-refractivity contribution in [2.75, 3.05) is 64.6 Å². The predicted molar refractivity (Wildman–Crippen MR) is 234 cm³/mol. The minimum absolute atomic E-state index is 0.201. The number of nitrogens with one attached hydrogen (secondary N) is 3. The Kier molecular flexibility index (Phi) is 61.8. The number of amides is 1. The van der Waals surface area contributed by atoms with Crippen LogP contribution in [0.5, 0.6) is 0 Å². The fourth-order valence-corrected chi connectivity index (χ4v) is 6.08. The molecule has 0 unspecified atom stereocenters. The van der Waals surface area contributed by atoms with Crippen LogP contribution in [0.1, 0.15) is 124 Å². The second kappa shape index (κ2) is 52.6. The molecule has 0 aliphatic carbocycles.